The molecule has 0 unspecified atom stereocenters. The lowest BCUT2D eigenvalue weighted by Crippen LogP contribution is -2.56. The summed E-state index contributed by atoms with van der Waals surface area (Å²) < 4.78 is 7.75. The van der Waals surface area contributed by atoms with Crippen LogP contribution in [0.5, 0.6) is 5.75 Å². The first-order valence-corrected chi connectivity index (χ1v) is 12.3. The van der Waals surface area contributed by atoms with Crippen molar-refractivity contribution < 1.29 is 9.38 Å². The highest BCUT2D eigenvalue weighted by Gasteiger charge is 2.26. The molecule has 2 aromatic carbocycles. The molecule has 0 atom stereocenters. The molecule has 2 aromatic heterocycles. The van der Waals surface area contributed by atoms with Crippen LogP contribution in [0.1, 0.15) is 12.8 Å². The van der Waals surface area contributed by atoms with Gasteiger partial charge in [-0.1, -0.05) is 6.07 Å². The van der Waals surface area contributed by atoms with Crippen LogP contribution < -0.4 is 15.2 Å². The molecule has 34 heavy (non-hydrogen) atoms. The lowest BCUT2D eigenvalue weighted by atomic mass is 10.1. The number of nitrogens with zero attached hydrogens (tertiary/aromatic N) is 4. The predicted octanol–water partition coefficient (Wildman–Crippen LogP) is 4.74. The van der Waals surface area contributed by atoms with E-state index in [-0.39, 0.29) is 4.65 Å². The molecule has 0 aliphatic carbocycles. The van der Waals surface area contributed by atoms with E-state index in [1.165, 1.54) is 21.8 Å². The number of anilines is 1. The zero-order chi connectivity index (χ0) is 23.5. The van der Waals surface area contributed by atoms with Crippen molar-refractivity contribution in [2.75, 3.05) is 44.2 Å². The molecular formula is C25H26N4O4S. The maximum atomic E-state index is 13.2. The van der Waals surface area contributed by atoms with Crippen LogP contribution in [-0.2, 0) is 0 Å². The summed E-state index contributed by atoms with van der Waals surface area (Å²) >= 11 is 1.74. The standard InChI is InChI=1S/C25H26N4O4S/c30-25-9-7-19-6-8-20(18-23(19)28(25)26-31)33-16-2-1-13-29(32)14-11-27(12-15-29)22-4-3-5-24-21(22)10-17-34-24/h3-10,17-18H,1-2,11-16H2. The first-order valence-electron chi connectivity index (χ1n) is 11.5. The smallest absolute Gasteiger partial charge is 0.274 e. The van der Waals surface area contributed by atoms with Gasteiger partial charge in [-0.3, -0.25) is 4.79 Å². The molecule has 0 spiro atoms. The molecule has 0 saturated carbocycles. The quantitative estimate of drug-likeness (QED) is 0.158. The number of hydrogen-bond donors (Lipinski definition) is 0. The Morgan fingerprint density at radius 2 is 1.88 bits per heavy atom. The van der Waals surface area contributed by atoms with Crippen molar-refractivity contribution in [3.8, 4) is 5.75 Å². The van der Waals surface area contributed by atoms with Crippen LogP contribution in [0, 0.1) is 10.1 Å². The average molecular weight is 479 g/mol. The van der Waals surface area contributed by atoms with Gasteiger partial charge in [-0.2, -0.15) is 4.68 Å². The second kappa shape index (κ2) is 9.54. The van der Waals surface area contributed by atoms with Gasteiger partial charge in [0.15, 0.2) is 0 Å². The van der Waals surface area contributed by atoms with E-state index in [9.17, 15) is 14.9 Å². The fourth-order valence-electron chi connectivity index (χ4n) is 4.61. The summed E-state index contributed by atoms with van der Waals surface area (Å²) in [5.74, 6) is 0.567. The summed E-state index contributed by atoms with van der Waals surface area (Å²) in [5.41, 5.74) is 1.17. The SMILES string of the molecule is O=Nn1c(=O)ccc2ccc(OCCCC[N+]3([O-])CCN(c4cccc5sccc45)CC3)cc21. The number of fused-ring (bicyclic) bond motifs is 2. The Hall–Kier alpha value is -3.27. The van der Waals surface area contributed by atoms with Gasteiger partial charge in [0.2, 0.25) is 0 Å². The van der Waals surface area contributed by atoms with E-state index in [0.29, 0.717) is 37.5 Å². The fraction of sp³-hybridized carbons (Fsp3) is 0.320. The van der Waals surface area contributed by atoms with Crippen molar-refractivity contribution in [1.82, 2.24) is 4.68 Å². The molecule has 1 aliphatic heterocycles. The molecule has 1 fully saturated rings. The number of benzene rings is 2. The average Bonchev–Trinajstić information content (AvgIpc) is 3.33. The van der Waals surface area contributed by atoms with Crippen LogP contribution in [0.4, 0.5) is 5.69 Å². The zero-order valence-corrected chi connectivity index (χ0v) is 19.6. The highest BCUT2D eigenvalue weighted by atomic mass is 32.1. The van der Waals surface area contributed by atoms with E-state index in [0.717, 1.165) is 36.0 Å². The monoisotopic (exact) mass is 478 g/mol. The second-order valence-corrected chi connectivity index (χ2v) is 9.61. The molecule has 4 aromatic rings. The summed E-state index contributed by atoms with van der Waals surface area (Å²) in [6.45, 7) is 3.73. The van der Waals surface area contributed by atoms with Crippen LogP contribution in [0.3, 0.4) is 0 Å². The Labute approximate surface area is 200 Å². The largest absolute Gasteiger partial charge is 0.633 e. The van der Waals surface area contributed by atoms with Gasteiger partial charge < -0.3 is 19.5 Å². The summed E-state index contributed by atoms with van der Waals surface area (Å²) in [5, 5.41) is 20.1. The number of pyridine rings is 1. The van der Waals surface area contributed by atoms with Gasteiger partial charge in [0.05, 0.1) is 50.1 Å². The molecular weight excluding hydrogens is 452 g/mol. The second-order valence-electron chi connectivity index (χ2n) is 8.67. The summed E-state index contributed by atoms with van der Waals surface area (Å²) in [6.07, 6.45) is 1.53. The van der Waals surface area contributed by atoms with Crippen molar-refractivity contribution >= 4 is 38.0 Å². The number of aromatic nitrogens is 1. The van der Waals surface area contributed by atoms with E-state index >= 15 is 0 Å². The Bertz CT molecular complexity index is 1370. The lowest BCUT2D eigenvalue weighted by Gasteiger charge is -2.49. The summed E-state index contributed by atoms with van der Waals surface area (Å²) in [7, 11) is 0. The minimum absolute atomic E-state index is 0.163. The molecule has 0 radical (unpaired) electrons. The van der Waals surface area contributed by atoms with Gasteiger partial charge in [0, 0.05) is 39.7 Å². The predicted molar refractivity (Wildman–Crippen MR) is 136 cm³/mol. The van der Waals surface area contributed by atoms with Gasteiger partial charge in [0.1, 0.15) is 5.75 Å². The highest BCUT2D eigenvalue weighted by molar-refractivity contribution is 7.17. The van der Waals surface area contributed by atoms with Crippen molar-refractivity contribution in [3.05, 3.63) is 80.4 Å². The lowest BCUT2D eigenvalue weighted by molar-refractivity contribution is -0.881. The van der Waals surface area contributed by atoms with Gasteiger partial charge in [0.25, 0.3) is 5.56 Å². The van der Waals surface area contributed by atoms with E-state index in [4.69, 9.17) is 4.74 Å². The maximum Gasteiger partial charge on any atom is 0.274 e. The van der Waals surface area contributed by atoms with Gasteiger partial charge in [-0.15, -0.1) is 16.2 Å². The molecule has 1 aliphatic rings. The van der Waals surface area contributed by atoms with Crippen LogP contribution in [-0.4, -0.2) is 48.7 Å². The summed E-state index contributed by atoms with van der Waals surface area (Å²) in [6, 6.07) is 16.7. The van der Waals surface area contributed by atoms with E-state index in [1.807, 2.05) is 0 Å². The molecule has 3 heterocycles. The number of hydrogen-bond acceptors (Lipinski definition) is 7. The number of piperazine rings is 1. The maximum absolute atomic E-state index is 13.2. The van der Waals surface area contributed by atoms with Crippen LogP contribution >= 0.6 is 11.3 Å². The number of ether oxygens (including phenoxy) is 1. The van der Waals surface area contributed by atoms with E-state index in [2.05, 4.69) is 39.8 Å². The normalized spacial score (nSPS) is 15.6. The third kappa shape index (κ3) is 4.54. The van der Waals surface area contributed by atoms with Crippen LogP contribution in [0.15, 0.2) is 70.1 Å². The highest BCUT2D eigenvalue weighted by Crippen LogP contribution is 2.31. The molecule has 0 bridgehead atoms. The number of quaternary nitrogens is 1. The third-order valence-electron chi connectivity index (χ3n) is 6.52. The van der Waals surface area contributed by atoms with Crippen molar-refractivity contribution in [2.24, 2.45) is 5.29 Å². The third-order valence-corrected chi connectivity index (χ3v) is 7.41. The Kier molecular flexibility index (Phi) is 6.32. The van der Waals surface area contributed by atoms with Crippen LogP contribution in [0.25, 0.3) is 21.0 Å². The van der Waals surface area contributed by atoms with E-state index < -0.39 is 5.56 Å². The molecule has 5 rings (SSSR count). The van der Waals surface area contributed by atoms with Crippen molar-refractivity contribution in [1.29, 1.82) is 0 Å². The van der Waals surface area contributed by atoms with Crippen LogP contribution in [0.2, 0.25) is 0 Å². The molecule has 9 heteroatoms. The number of hydroxylamine groups is 3. The molecule has 8 nitrogen and oxygen atoms in total. The van der Waals surface area contributed by atoms with Gasteiger partial charge in [-0.25, -0.2) is 0 Å². The number of nitroso groups, excluding NO2 is 1. The first-order chi connectivity index (χ1) is 16.6. The van der Waals surface area contributed by atoms with Crippen molar-refractivity contribution in [3.63, 3.8) is 0 Å². The number of unbranched alkanes of at least 4 members (excludes halogenated alkanes) is 1. The molecule has 176 valence electrons. The minimum atomic E-state index is -0.476. The Balaban J connectivity index is 1.11. The number of thiophene rings is 1. The minimum Gasteiger partial charge on any atom is -0.633 e. The van der Waals surface area contributed by atoms with Crippen molar-refractivity contribution in [2.45, 2.75) is 12.8 Å². The fourth-order valence-corrected chi connectivity index (χ4v) is 5.42. The first kappa shape index (κ1) is 22.5. The Morgan fingerprint density at radius 1 is 1.06 bits per heavy atom. The van der Waals surface area contributed by atoms with E-state index in [1.54, 1.807) is 35.6 Å². The summed E-state index contributed by atoms with van der Waals surface area (Å²) in [4.78, 5) is 25.1. The Morgan fingerprint density at radius 3 is 2.71 bits per heavy atom. The molecule has 0 N–H and O–H groups in total. The topological polar surface area (TPSA) is 87.0 Å². The number of rotatable bonds is 8. The molecule has 0 amide bonds. The van der Waals surface area contributed by atoms with Gasteiger partial charge in [-0.05, 0) is 48.2 Å². The zero-order valence-electron chi connectivity index (χ0n) is 18.8. The van der Waals surface area contributed by atoms with Gasteiger partial charge >= 0.3 is 0 Å². The molecule has 1 saturated heterocycles.